The molecule has 2 heteroatoms. The first-order valence-electron chi connectivity index (χ1n) is 5.58. The van der Waals surface area contributed by atoms with Gasteiger partial charge in [0, 0.05) is 25.0 Å². The predicted molar refractivity (Wildman–Crippen MR) is 60.5 cm³/mol. The fraction of sp³-hybridized carbons (Fsp3) is 0.538. The molecular formula is C13H20N2. The third-order valence-corrected chi connectivity index (χ3v) is 2.40. The van der Waals surface area contributed by atoms with Crippen LogP contribution in [0.25, 0.3) is 0 Å². The monoisotopic (exact) mass is 204 g/mol. The Kier molecular flexibility index (Phi) is 8.37. The van der Waals surface area contributed by atoms with Crippen LogP contribution in [-0.2, 0) is 13.0 Å². The molecule has 0 radical (unpaired) electrons. The van der Waals surface area contributed by atoms with E-state index in [0.717, 1.165) is 6.42 Å². The van der Waals surface area contributed by atoms with E-state index in [-0.39, 0.29) is 0 Å². The van der Waals surface area contributed by atoms with Crippen molar-refractivity contribution < 1.29 is 4.57 Å². The Morgan fingerprint density at radius 1 is 1.20 bits per heavy atom. The Morgan fingerprint density at radius 3 is 2.53 bits per heavy atom. The molecule has 0 atom stereocenters. The van der Waals surface area contributed by atoms with Gasteiger partial charge in [0.15, 0.2) is 11.9 Å². The number of pyridine rings is 1. The van der Waals surface area contributed by atoms with Crippen molar-refractivity contribution in [3.05, 3.63) is 36.7 Å². The molecule has 1 aromatic rings. The fourth-order valence-corrected chi connectivity index (χ4v) is 1.58. The van der Waals surface area contributed by atoms with Crippen molar-refractivity contribution in [3.63, 3.8) is 0 Å². The van der Waals surface area contributed by atoms with Crippen LogP contribution in [0.1, 0.15) is 38.8 Å². The smallest absolute Gasteiger partial charge is 0.181 e. The predicted octanol–water partition coefficient (Wildman–Crippen LogP) is 2.82. The molecule has 0 unspecified atom stereocenters. The number of rotatable bonds is 5. The summed E-state index contributed by atoms with van der Waals surface area (Å²) < 4.78 is 2.37. The molecular weight excluding hydrogens is 184 g/mol. The third kappa shape index (κ3) is 5.17. The van der Waals surface area contributed by atoms with E-state index >= 15 is 0 Å². The average molecular weight is 204 g/mol. The zero-order chi connectivity index (χ0) is 11.5. The molecule has 0 bridgehead atoms. The molecule has 0 fully saturated rings. The van der Waals surface area contributed by atoms with Crippen molar-refractivity contribution in [2.24, 2.45) is 0 Å². The largest absolute Gasteiger partial charge is 0.512 e. The summed E-state index contributed by atoms with van der Waals surface area (Å²) in [6.07, 6.45) is 7.26. The Hall–Kier alpha value is -1.36. The maximum Gasteiger partial charge on any atom is 0.181 e. The summed E-state index contributed by atoms with van der Waals surface area (Å²) in [5.74, 6) is 0. The maximum atomic E-state index is 6.25. The normalized spacial score (nSPS) is 9.07. The Morgan fingerprint density at radius 2 is 1.93 bits per heavy atom. The van der Waals surface area contributed by atoms with E-state index in [4.69, 9.17) is 11.8 Å². The molecule has 0 saturated heterocycles. The summed E-state index contributed by atoms with van der Waals surface area (Å²) in [5, 5.41) is 6.25. The van der Waals surface area contributed by atoms with Gasteiger partial charge in [-0.15, -0.1) is 0 Å². The zero-order valence-corrected chi connectivity index (χ0v) is 9.74. The standard InChI is InChI=1S/C12H20N.CN/c1-3-5-7-10-13-11-8-6-9-12(13)4-2;1-2/h6,8-9,11H,3-5,7,10H2,1-2H3;/q+1;-1. The lowest BCUT2D eigenvalue weighted by Gasteiger charge is -2.00. The van der Waals surface area contributed by atoms with Gasteiger partial charge in [0.2, 0.25) is 0 Å². The first-order valence-corrected chi connectivity index (χ1v) is 5.58. The van der Waals surface area contributed by atoms with Gasteiger partial charge < -0.3 is 11.8 Å². The van der Waals surface area contributed by atoms with E-state index in [0.29, 0.717) is 0 Å². The van der Waals surface area contributed by atoms with Crippen molar-refractivity contribution in [1.82, 2.24) is 0 Å². The minimum Gasteiger partial charge on any atom is -0.512 e. The molecule has 0 spiro atoms. The lowest BCUT2D eigenvalue weighted by atomic mass is 10.2. The molecule has 0 N–H and O–H groups in total. The van der Waals surface area contributed by atoms with Crippen LogP contribution in [0.5, 0.6) is 0 Å². The Bertz CT molecular complexity index is 279. The highest BCUT2D eigenvalue weighted by atomic mass is 14.9. The highest BCUT2D eigenvalue weighted by Gasteiger charge is 2.05. The minimum atomic E-state index is 1.13. The van der Waals surface area contributed by atoms with Crippen molar-refractivity contribution in [2.75, 3.05) is 0 Å². The lowest BCUT2D eigenvalue weighted by molar-refractivity contribution is -0.704. The molecule has 0 aliphatic carbocycles. The van der Waals surface area contributed by atoms with Gasteiger partial charge in [0.25, 0.3) is 0 Å². The number of aromatic nitrogens is 1. The first-order chi connectivity index (χ1) is 7.38. The SMILES string of the molecule is CCCCC[n+]1ccccc1CC.[C-]#N. The summed E-state index contributed by atoms with van der Waals surface area (Å²) in [5.41, 5.74) is 1.44. The summed E-state index contributed by atoms with van der Waals surface area (Å²) in [6.45, 7) is 10.4. The van der Waals surface area contributed by atoms with Gasteiger partial charge in [-0.3, -0.25) is 0 Å². The van der Waals surface area contributed by atoms with Crippen LogP contribution in [0, 0.1) is 11.8 Å². The van der Waals surface area contributed by atoms with E-state index < -0.39 is 0 Å². The van der Waals surface area contributed by atoms with Gasteiger partial charge >= 0.3 is 0 Å². The lowest BCUT2D eigenvalue weighted by Crippen LogP contribution is -2.37. The van der Waals surface area contributed by atoms with Gasteiger partial charge in [-0.05, 0) is 6.42 Å². The van der Waals surface area contributed by atoms with Gasteiger partial charge in [0.1, 0.15) is 6.54 Å². The molecule has 1 rings (SSSR count). The molecule has 15 heavy (non-hydrogen) atoms. The van der Waals surface area contributed by atoms with E-state index in [9.17, 15) is 0 Å². The van der Waals surface area contributed by atoms with Crippen LogP contribution in [-0.4, -0.2) is 0 Å². The van der Waals surface area contributed by atoms with Crippen LogP contribution in [0.3, 0.4) is 0 Å². The summed E-state index contributed by atoms with van der Waals surface area (Å²) in [4.78, 5) is 0. The van der Waals surface area contributed by atoms with Crippen molar-refractivity contribution in [3.8, 4) is 0 Å². The highest BCUT2D eigenvalue weighted by molar-refractivity contribution is 4.96. The minimum absolute atomic E-state index is 1.13. The summed E-state index contributed by atoms with van der Waals surface area (Å²) in [7, 11) is 0. The van der Waals surface area contributed by atoms with Gasteiger partial charge in [-0.25, -0.2) is 4.57 Å². The van der Waals surface area contributed by atoms with Crippen molar-refractivity contribution >= 4 is 0 Å². The van der Waals surface area contributed by atoms with Crippen molar-refractivity contribution in [1.29, 1.82) is 5.26 Å². The number of nitrogens with zero attached hydrogens (tertiary/aromatic N) is 2. The van der Waals surface area contributed by atoms with Crippen molar-refractivity contribution in [2.45, 2.75) is 46.1 Å². The third-order valence-electron chi connectivity index (χ3n) is 2.40. The molecule has 0 aliphatic rings. The van der Waals surface area contributed by atoms with E-state index in [1.165, 1.54) is 31.5 Å². The second-order valence-corrected chi connectivity index (χ2v) is 3.45. The molecule has 2 nitrogen and oxygen atoms in total. The Labute approximate surface area is 93.2 Å². The van der Waals surface area contributed by atoms with Crippen LogP contribution in [0.15, 0.2) is 24.4 Å². The first kappa shape index (κ1) is 13.6. The molecule has 1 aromatic heterocycles. The van der Waals surface area contributed by atoms with Gasteiger partial charge in [-0.1, -0.05) is 26.3 Å². The number of unbranched alkanes of at least 4 members (excludes halogenated alkanes) is 2. The number of hydrogen-bond donors (Lipinski definition) is 0. The maximum absolute atomic E-state index is 6.25. The van der Waals surface area contributed by atoms with Crippen LogP contribution in [0.2, 0.25) is 0 Å². The molecule has 0 amide bonds. The van der Waals surface area contributed by atoms with Crippen LogP contribution >= 0.6 is 0 Å². The van der Waals surface area contributed by atoms with E-state index in [1.807, 2.05) is 0 Å². The molecule has 0 aromatic carbocycles. The highest BCUT2D eigenvalue weighted by Crippen LogP contribution is 1.96. The van der Waals surface area contributed by atoms with Gasteiger partial charge in [-0.2, -0.15) is 0 Å². The summed E-state index contributed by atoms with van der Waals surface area (Å²) >= 11 is 0. The quantitative estimate of drug-likeness (QED) is 0.412. The summed E-state index contributed by atoms with van der Waals surface area (Å²) in [6, 6.07) is 6.45. The molecule has 0 aliphatic heterocycles. The second kappa shape index (κ2) is 9.21. The Balaban J connectivity index is 0.000000921. The van der Waals surface area contributed by atoms with E-state index in [2.05, 4.69) is 42.8 Å². The second-order valence-electron chi connectivity index (χ2n) is 3.45. The fourth-order valence-electron chi connectivity index (χ4n) is 1.58. The number of aryl methyl sites for hydroxylation is 2. The molecule has 0 saturated carbocycles. The number of hydrogen-bond acceptors (Lipinski definition) is 1. The molecule has 1 heterocycles. The topological polar surface area (TPSA) is 27.7 Å². The van der Waals surface area contributed by atoms with Crippen LogP contribution < -0.4 is 4.57 Å². The molecule has 82 valence electrons. The average Bonchev–Trinajstić information content (AvgIpc) is 2.33. The van der Waals surface area contributed by atoms with E-state index in [1.54, 1.807) is 0 Å². The van der Waals surface area contributed by atoms with Crippen LogP contribution in [0.4, 0.5) is 0 Å². The zero-order valence-electron chi connectivity index (χ0n) is 9.74. The van der Waals surface area contributed by atoms with Gasteiger partial charge in [0.05, 0.1) is 0 Å².